The Labute approximate surface area is 362 Å². The van der Waals surface area contributed by atoms with Crippen LogP contribution in [-0.2, 0) is 5.41 Å². The molecule has 10 aromatic carbocycles. The number of aryl methyl sites for hydroxylation is 2. The van der Waals surface area contributed by atoms with Gasteiger partial charge in [-0.2, -0.15) is 0 Å². The number of anilines is 6. The molecule has 0 atom stereocenters. The fraction of sp³-hybridized carbons (Fsp3) is 0.0508. The second kappa shape index (κ2) is 14.1. The number of hydrogen-bond acceptors (Lipinski definition) is 3. The molecule has 0 bridgehead atoms. The molecule has 0 spiro atoms. The predicted octanol–water partition coefficient (Wildman–Crippen LogP) is 16.0. The average Bonchev–Trinajstić information content (AvgIpc) is 3.60. The molecule has 1 aliphatic heterocycles. The zero-order chi connectivity index (χ0) is 41.4. The van der Waals surface area contributed by atoms with Crippen LogP contribution in [0.2, 0.25) is 0 Å². The van der Waals surface area contributed by atoms with E-state index >= 15 is 0 Å². The topological polar surface area (TPSA) is 15.7 Å². The van der Waals surface area contributed by atoms with E-state index in [9.17, 15) is 0 Å². The van der Waals surface area contributed by atoms with E-state index in [4.69, 9.17) is 4.74 Å². The van der Waals surface area contributed by atoms with E-state index < -0.39 is 5.41 Å². The Morgan fingerprint density at radius 1 is 0.387 bits per heavy atom. The van der Waals surface area contributed by atoms with Crippen LogP contribution in [0.15, 0.2) is 218 Å². The van der Waals surface area contributed by atoms with Crippen LogP contribution < -0.4 is 14.5 Å². The molecule has 0 N–H and O–H groups in total. The van der Waals surface area contributed by atoms with Crippen LogP contribution in [0.4, 0.5) is 34.1 Å². The van der Waals surface area contributed by atoms with E-state index in [-0.39, 0.29) is 0 Å². The number of para-hydroxylation sites is 2. The van der Waals surface area contributed by atoms with Crippen molar-refractivity contribution in [3.63, 3.8) is 0 Å². The maximum atomic E-state index is 6.86. The van der Waals surface area contributed by atoms with Crippen molar-refractivity contribution < 1.29 is 4.74 Å². The Hall–Kier alpha value is -7.88. The van der Waals surface area contributed by atoms with Gasteiger partial charge in [0.05, 0.1) is 16.8 Å². The van der Waals surface area contributed by atoms with Crippen LogP contribution >= 0.6 is 0 Å². The number of nitrogens with zero attached hydrogens (tertiary/aromatic N) is 2. The van der Waals surface area contributed by atoms with Crippen LogP contribution in [0.1, 0.15) is 33.4 Å². The van der Waals surface area contributed by atoms with Gasteiger partial charge in [0.2, 0.25) is 0 Å². The third-order valence-corrected chi connectivity index (χ3v) is 12.9. The zero-order valence-electron chi connectivity index (χ0n) is 34.6. The van der Waals surface area contributed by atoms with Gasteiger partial charge in [0.15, 0.2) is 11.5 Å². The molecule has 294 valence electrons. The van der Waals surface area contributed by atoms with Gasteiger partial charge < -0.3 is 14.5 Å². The highest BCUT2D eigenvalue weighted by molar-refractivity contribution is 6.03. The van der Waals surface area contributed by atoms with Gasteiger partial charge >= 0.3 is 0 Å². The van der Waals surface area contributed by atoms with Gasteiger partial charge in [-0.15, -0.1) is 0 Å². The molecule has 3 heteroatoms. The largest absolute Gasteiger partial charge is 0.453 e. The third-order valence-electron chi connectivity index (χ3n) is 12.9. The first-order valence-electron chi connectivity index (χ1n) is 21.4. The van der Waals surface area contributed by atoms with Crippen LogP contribution in [-0.4, -0.2) is 0 Å². The van der Waals surface area contributed by atoms with E-state index in [0.29, 0.717) is 0 Å². The lowest BCUT2D eigenvalue weighted by Gasteiger charge is -2.37. The number of ether oxygens (including phenoxy) is 1. The van der Waals surface area contributed by atoms with Crippen LogP contribution in [0.25, 0.3) is 32.7 Å². The quantitative estimate of drug-likeness (QED) is 0.156. The van der Waals surface area contributed by atoms with Gasteiger partial charge in [0, 0.05) is 22.7 Å². The average molecular weight is 795 g/mol. The van der Waals surface area contributed by atoms with E-state index in [1.54, 1.807) is 0 Å². The van der Waals surface area contributed by atoms with E-state index in [2.05, 4.69) is 242 Å². The monoisotopic (exact) mass is 794 g/mol. The summed E-state index contributed by atoms with van der Waals surface area (Å²) in [6, 6.07) is 79.8. The summed E-state index contributed by atoms with van der Waals surface area (Å²) in [4.78, 5) is 4.76. The van der Waals surface area contributed by atoms with Gasteiger partial charge in [-0.3, -0.25) is 0 Å². The highest BCUT2D eigenvalue weighted by atomic mass is 16.5. The summed E-state index contributed by atoms with van der Waals surface area (Å²) in [5.41, 5.74) is 15.9. The molecule has 0 aromatic heterocycles. The molecule has 0 fully saturated rings. The Morgan fingerprint density at radius 2 is 0.984 bits per heavy atom. The van der Waals surface area contributed by atoms with Gasteiger partial charge in [-0.25, -0.2) is 0 Å². The van der Waals surface area contributed by atoms with Crippen LogP contribution in [0.3, 0.4) is 0 Å². The highest BCUT2D eigenvalue weighted by Crippen LogP contribution is 2.61. The Morgan fingerprint density at radius 3 is 1.68 bits per heavy atom. The Bertz CT molecular complexity index is 3290. The van der Waals surface area contributed by atoms with Crippen molar-refractivity contribution in [3.05, 3.63) is 252 Å². The minimum absolute atomic E-state index is 0.526. The molecule has 0 radical (unpaired) electrons. The molecule has 12 rings (SSSR count). The SMILES string of the molecule is Cc1cccc(N(c2cccc(C)c2)c2ccc3cc4cc(N5c6ccccc6Oc6cc7c(cc65)C(c5ccccc5)(c5ccccc5)c5ccccc5-7)ccc4cc3c2)c1. The molecule has 2 aliphatic rings. The molecule has 0 saturated heterocycles. The predicted molar refractivity (Wildman–Crippen MR) is 258 cm³/mol. The molecular formula is C59H42N2O. The van der Waals surface area contributed by atoms with E-state index in [0.717, 1.165) is 45.6 Å². The van der Waals surface area contributed by atoms with Crippen molar-refractivity contribution in [2.24, 2.45) is 0 Å². The molecule has 0 amide bonds. The lowest BCUT2D eigenvalue weighted by molar-refractivity contribution is 0.477. The van der Waals surface area contributed by atoms with Crippen molar-refractivity contribution >= 4 is 55.7 Å². The summed E-state index contributed by atoms with van der Waals surface area (Å²) in [7, 11) is 0. The molecule has 0 saturated carbocycles. The fourth-order valence-corrected chi connectivity index (χ4v) is 10.2. The highest BCUT2D eigenvalue weighted by Gasteiger charge is 2.47. The van der Waals surface area contributed by atoms with Gasteiger partial charge in [0.1, 0.15) is 0 Å². The Kier molecular flexibility index (Phi) is 8.20. The molecule has 1 heterocycles. The van der Waals surface area contributed by atoms with Crippen LogP contribution in [0, 0.1) is 13.8 Å². The van der Waals surface area contributed by atoms with E-state index in [1.165, 1.54) is 66.1 Å². The van der Waals surface area contributed by atoms with Crippen molar-refractivity contribution in [2.45, 2.75) is 19.3 Å². The van der Waals surface area contributed by atoms with Crippen molar-refractivity contribution in [1.82, 2.24) is 0 Å². The summed E-state index contributed by atoms with van der Waals surface area (Å²) in [5.74, 6) is 1.67. The molecular weight excluding hydrogens is 753 g/mol. The maximum Gasteiger partial charge on any atom is 0.152 e. The minimum atomic E-state index is -0.526. The van der Waals surface area contributed by atoms with Gasteiger partial charge in [-0.1, -0.05) is 133 Å². The molecule has 3 nitrogen and oxygen atoms in total. The molecule has 0 unspecified atom stereocenters. The first-order valence-corrected chi connectivity index (χ1v) is 21.4. The molecule has 62 heavy (non-hydrogen) atoms. The number of benzene rings is 10. The second-order valence-corrected chi connectivity index (χ2v) is 16.7. The number of fused-ring (bicyclic) bond motifs is 7. The molecule has 10 aromatic rings. The smallest absolute Gasteiger partial charge is 0.152 e. The summed E-state index contributed by atoms with van der Waals surface area (Å²) in [6.07, 6.45) is 0. The normalized spacial score (nSPS) is 13.2. The standard InChI is InChI=1S/C59H42N2O/c1-39-15-13-21-47(31-39)60(48-22-14-16-40(2)32-48)49-29-27-41-34-44-36-50(30-28-42(44)33-43(41)35-49)61-55-25-11-12-26-57(55)62-58-37-52-51-23-9-10-24-53(51)59(54(52)38-56(58)61,45-17-5-3-6-18-45)46-19-7-4-8-20-46/h3-38H,1-2H3. The van der Waals surface area contributed by atoms with Gasteiger partial charge in [-0.05, 0) is 165 Å². The Balaban J connectivity index is 1.02. The summed E-state index contributed by atoms with van der Waals surface area (Å²) >= 11 is 0. The minimum Gasteiger partial charge on any atom is -0.453 e. The maximum absolute atomic E-state index is 6.86. The number of rotatable bonds is 6. The lowest BCUT2D eigenvalue weighted by atomic mass is 9.67. The lowest BCUT2D eigenvalue weighted by Crippen LogP contribution is -2.29. The summed E-state index contributed by atoms with van der Waals surface area (Å²) < 4.78 is 6.86. The first kappa shape index (κ1) is 36.0. The summed E-state index contributed by atoms with van der Waals surface area (Å²) in [6.45, 7) is 4.31. The van der Waals surface area contributed by atoms with E-state index in [1.807, 2.05) is 0 Å². The zero-order valence-corrected chi connectivity index (χ0v) is 34.6. The second-order valence-electron chi connectivity index (χ2n) is 16.7. The fourth-order valence-electron chi connectivity index (χ4n) is 10.2. The molecule has 1 aliphatic carbocycles. The third kappa shape index (κ3) is 5.59. The van der Waals surface area contributed by atoms with Crippen LogP contribution in [0.5, 0.6) is 11.5 Å². The van der Waals surface area contributed by atoms with Crippen molar-refractivity contribution in [3.8, 4) is 22.6 Å². The first-order chi connectivity index (χ1) is 30.5. The van der Waals surface area contributed by atoms with Crippen molar-refractivity contribution in [2.75, 3.05) is 9.80 Å². The van der Waals surface area contributed by atoms with Crippen molar-refractivity contribution in [1.29, 1.82) is 0 Å². The number of hydrogen-bond donors (Lipinski definition) is 0. The summed E-state index contributed by atoms with van der Waals surface area (Å²) in [5, 5.41) is 4.76. The van der Waals surface area contributed by atoms with Gasteiger partial charge in [0.25, 0.3) is 0 Å².